The molecule has 0 spiro atoms. The first kappa shape index (κ1) is 19.6. The Morgan fingerprint density at radius 1 is 1.24 bits per heavy atom. The highest BCUT2D eigenvalue weighted by molar-refractivity contribution is 7.90. The average Bonchev–Trinajstić information content (AvgIpc) is 3.50. The van der Waals surface area contributed by atoms with Crippen LogP contribution in [0.2, 0.25) is 0 Å². The van der Waals surface area contributed by atoms with Crippen molar-refractivity contribution >= 4 is 27.5 Å². The summed E-state index contributed by atoms with van der Waals surface area (Å²) >= 11 is 0. The number of hydrogen-bond donors (Lipinski definition) is 1. The van der Waals surface area contributed by atoms with E-state index in [1.807, 2.05) is 4.90 Å². The third-order valence-corrected chi connectivity index (χ3v) is 6.81. The van der Waals surface area contributed by atoms with E-state index >= 15 is 0 Å². The molecule has 0 bridgehead atoms. The molecular weight excluding hydrogens is 390 g/mol. The number of nitrogens with zero attached hydrogens (tertiary/aromatic N) is 4. The zero-order valence-corrected chi connectivity index (χ0v) is 16.9. The van der Waals surface area contributed by atoms with Crippen LogP contribution in [0, 0.1) is 12.3 Å². The summed E-state index contributed by atoms with van der Waals surface area (Å²) in [6, 6.07) is 4.80. The maximum absolute atomic E-state index is 12.7. The fourth-order valence-electron chi connectivity index (χ4n) is 3.77. The Morgan fingerprint density at radius 3 is 2.83 bits per heavy atom. The average molecular weight is 414 g/mol. The number of rotatable bonds is 6. The Labute approximate surface area is 170 Å². The Bertz CT molecular complexity index is 1030. The molecule has 0 radical (unpaired) electrons. The zero-order valence-electron chi connectivity index (χ0n) is 16.1. The van der Waals surface area contributed by atoms with Crippen molar-refractivity contribution in [3.05, 3.63) is 23.8 Å². The van der Waals surface area contributed by atoms with Crippen LogP contribution in [0.25, 0.3) is 0 Å². The Morgan fingerprint density at radius 2 is 2.07 bits per heavy atom. The van der Waals surface area contributed by atoms with Gasteiger partial charge in [0.25, 0.3) is 15.9 Å². The first-order valence-electron chi connectivity index (χ1n) is 9.85. The van der Waals surface area contributed by atoms with Gasteiger partial charge in [0.2, 0.25) is 0 Å². The number of terminal acetylenes is 1. The molecule has 1 N–H and O–H groups in total. The van der Waals surface area contributed by atoms with Gasteiger partial charge in [-0.05, 0) is 31.0 Å². The highest BCUT2D eigenvalue weighted by Gasteiger charge is 2.38. The molecule has 3 aliphatic heterocycles. The molecule has 1 aromatic carbocycles. The van der Waals surface area contributed by atoms with Crippen molar-refractivity contribution < 1.29 is 13.2 Å². The number of amides is 1. The topological polar surface area (TPSA) is 104 Å². The molecule has 4 rings (SSSR count). The van der Waals surface area contributed by atoms with Crippen molar-refractivity contribution in [2.75, 3.05) is 18.0 Å². The van der Waals surface area contributed by atoms with Gasteiger partial charge in [0.15, 0.2) is 5.66 Å². The summed E-state index contributed by atoms with van der Waals surface area (Å²) in [4.78, 5) is 14.6. The SMILES string of the molecule is C#CCCC1(CCNC(=O)c2ccc3c(c2)S(=O)(=O)N=C2CCCCCN23)N=N1. The molecule has 152 valence electrons. The van der Waals surface area contributed by atoms with Gasteiger partial charge >= 0.3 is 0 Å². The van der Waals surface area contributed by atoms with E-state index in [2.05, 4.69) is 25.9 Å². The second-order valence-corrected chi connectivity index (χ2v) is 9.09. The van der Waals surface area contributed by atoms with Crippen LogP contribution in [-0.4, -0.2) is 38.9 Å². The van der Waals surface area contributed by atoms with Gasteiger partial charge < -0.3 is 10.2 Å². The van der Waals surface area contributed by atoms with E-state index in [-0.39, 0.29) is 10.8 Å². The van der Waals surface area contributed by atoms with Gasteiger partial charge in [-0.1, -0.05) is 6.42 Å². The molecule has 8 nitrogen and oxygen atoms in total. The standard InChI is InChI=1S/C20H23N5O3S/c1-2-3-10-20(23-24-20)11-12-21-19(26)15-8-9-16-17(14-15)29(27,28)22-18-7-5-4-6-13-25(16)18/h1,8-9,14H,3-7,10-13H2,(H,21,26). The van der Waals surface area contributed by atoms with Crippen molar-refractivity contribution in [3.63, 3.8) is 0 Å². The molecule has 1 amide bonds. The van der Waals surface area contributed by atoms with Gasteiger partial charge in [0.05, 0.1) is 5.69 Å². The smallest absolute Gasteiger partial charge is 0.286 e. The van der Waals surface area contributed by atoms with Crippen LogP contribution in [0.1, 0.15) is 55.3 Å². The van der Waals surface area contributed by atoms with E-state index in [0.29, 0.717) is 49.3 Å². The normalized spacial score (nSPS) is 20.5. The van der Waals surface area contributed by atoms with E-state index in [0.717, 1.165) is 25.8 Å². The van der Waals surface area contributed by atoms with Crippen LogP contribution in [-0.2, 0) is 10.0 Å². The van der Waals surface area contributed by atoms with Gasteiger partial charge in [-0.2, -0.15) is 18.6 Å². The lowest BCUT2D eigenvalue weighted by atomic mass is 10.0. The molecular formula is C20H23N5O3S. The fourth-order valence-corrected chi connectivity index (χ4v) is 5.05. The van der Waals surface area contributed by atoms with Crippen LogP contribution in [0.15, 0.2) is 37.7 Å². The second kappa shape index (κ2) is 7.59. The molecule has 3 aliphatic rings. The molecule has 0 aromatic heterocycles. The summed E-state index contributed by atoms with van der Waals surface area (Å²) in [5.41, 5.74) is 0.442. The summed E-state index contributed by atoms with van der Waals surface area (Å²) in [6.07, 6.45) is 10.7. The zero-order chi connectivity index (χ0) is 20.5. The quantitative estimate of drug-likeness (QED) is 0.724. The van der Waals surface area contributed by atoms with Crippen LogP contribution in [0.5, 0.6) is 0 Å². The van der Waals surface area contributed by atoms with Crippen molar-refractivity contribution in [1.82, 2.24) is 5.32 Å². The third kappa shape index (κ3) is 4.03. The van der Waals surface area contributed by atoms with E-state index in [1.54, 1.807) is 12.1 Å². The van der Waals surface area contributed by atoms with Crippen molar-refractivity contribution in [1.29, 1.82) is 0 Å². The summed E-state index contributed by atoms with van der Waals surface area (Å²) in [5.74, 6) is 2.84. The minimum atomic E-state index is -3.81. The number of carbonyl (C=O) groups excluding carboxylic acids is 1. The lowest BCUT2D eigenvalue weighted by molar-refractivity contribution is 0.0951. The largest absolute Gasteiger partial charge is 0.352 e. The summed E-state index contributed by atoms with van der Waals surface area (Å²) in [7, 11) is -3.81. The first-order chi connectivity index (χ1) is 13.9. The molecule has 1 fully saturated rings. The number of amidine groups is 1. The molecule has 1 saturated heterocycles. The Kier molecular flexibility index (Phi) is 5.13. The fraction of sp³-hybridized carbons (Fsp3) is 0.500. The highest BCUT2D eigenvalue weighted by atomic mass is 32.2. The van der Waals surface area contributed by atoms with Crippen LogP contribution in [0.3, 0.4) is 0 Å². The third-order valence-electron chi connectivity index (χ3n) is 5.47. The number of sulfonamides is 1. The van der Waals surface area contributed by atoms with Crippen LogP contribution >= 0.6 is 0 Å². The predicted octanol–water partition coefficient (Wildman–Crippen LogP) is 2.86. The number of nitrogens with one attached hydrogen (secondary N) is 1. The minimum absolute atomic E-state index is 0.0912. The maximum atomic E-state index is 12.7. The molecule has 0 saturated carbocycles. The lowest BCUT2D eigenvalue weighted by Crippen LogP contribution is -2.35. The van der Waals surface area contributed by atoms with Crippen molar-refractivity contribution in [2.45, 2.75) is 55.5 Å². The minimum Gasteiger partial charge on any atom is -0.352 e. The number of anilines is 1. The van der Waals surface area contributed by atoms with Crippen molar-refractivity contribution in [3.8, 4) is 12.3 Å². The number of carbonyl (C=O) groups is 1. The Balaban J connectivity index is 1.47. The second-order valence-electron chi connectivity index (χ2n) is 7.52. The van der Waals surface area contributed by atoms with E-state index in [1.165, 1.54) is 6.07 Å². The summed E-state index contributed by atoms with van der Waals surface area (Å²) in [5, 5.41) is 10.9. The summed E-state index contributed by atoms with van der Waals surface area (Å²) < 4.78 is 29.4. The highest BCUT2D eigenvalue weighted by Crippen LogP contribution is 2.36. The van der Waals surface area contributed by atoms with Crippen LogP contribution < -0.4 is 10.2 Å². The predicted molar refractivity (Wildman–Crippen MR) is 109 cm³/mol. The number of benzene rings is 1. The van der Waals surface area contributed by atoms with Gasteiger partial charge in [0.1, 0.15) is 10.7 Å². The molecule has 0 aliphatic carbocycles. The molecule has 0 atom stereocenters. The van der Waals surface area contributed by atoms with E-state index in [9.17, 15) is 13.2 Å². The van der Waals surface area contributed by atoms with Gasteiger partial charge in [0, 0.05) is 44.3 Å². The lowest BCUT2D eigenvalue weighted by Gasteiger charge is -2.29. The number of fused-ring (bicyclic) bond motifs is 3. The molecule has 1 aromatic rings. The monoisotopic (exact) mass is 413 g/mol. The maximum Gasteiger partial charge on any atom is 0.286 e. The van der Waals surface area contributed by atoms with E-state index < -0.39 is 15.7 Å². The molecule has 29 heavy (non-hydrogen) atoms. The molecule has 9 heteroatoms. The van der Waals surface area contributed by atoms with Crippen LogP contribution in [0.4, 0.5) is 5.69 Å². The Hall–Kier alpha value is -2.73. The first-order valence-corrected chi connectivity index (χ1v) is 11.3. The van der Waals surface area contributed by atoms with Gasteiger partial charge in [-0.3, -0.25) is 4.79 Å². The van der Waals surface area contributed by atoms with Gasteiger partial charge in [-0.25, -0.2) is 0 Å². The van der Waals surface area contributed by atoms with E-state index in [4.69, 9.17) is 6.42 Å². The van der Waals surface area contributed by atoms with Crippen molar-refractivity contribution in [2.24, 2.45) is 14.6 Å². The molecule has 0 unspecified atom stereocenters. The summed E-state index contributed by atoms with van der Waals surface area (Å²) in [6.45, 7) is 1.12. The molecule has 3 heterocycles. The van der Waals surface area contributed by atoms with Gasteiger partial charge in [-0.15, -0.1) is 16.7 Å². The number of hydrogen-bond acceptors (Lipinski definition) is 6.